The van der Waals surface area contributed by atoms with Crippen molar-refractivity contribution in [2.45, 2.75) is 6.04 Å². The highest BCUT2D eigenvalue weighted by atomic mass is 35.5. The van der Waals surface area contributed by atoms with Gasteiger partial charge in [-0.15, -0.1) is 11.3 Å². The number of hydrogen-bond donors (Lipinski definition) is 3. The highest BCUT2D eigenvalue weighted by Gasteiger charge is 2.26. The SMILES string of the molecule is CN(C)C(=O)C(CNC(=O)C(=O)Nc1ccc(Cl)cn1)NC(=O)c1nc2cnccc2s1. The number of pyridine rings is 2. The Bertz CT molecular complexity index is 1130. The van der Waals surface area contributed by atoms with Crippen molar-refractivity contribution in [2.24, 2.45) is 0 Å². The van der Waals surface area contributed by atoms with E-state index in [0.717, 1.165) is 16.0 Å². The standard InChI is InChI=1S/C19H18ClN7O4S/c1-27(2)19(31)12(24-17(30)18-25-11-8-21-6-5-13(11)32-18)9-23-15(28)16(29)26-14-4-3-10(20)7-22-14/h3-8,12H,9H2,1-2H3,(H,23,28)(H,24,30)(H,22,26,29). The van der Waals surface area contributed by atoms with Crippen LogP contribution in [0.15, 0.2) is 36.8 Å². The van der Waals surface area contributed by atoms with E-state index in [2.05, 4.69) is 30.9 Å². The Morgan fingerprint density at radius 2 is 1.91 bits per heavy atom. The summed E-state index contributed by atoms with van der Waals surface area (Å²) in [5.41, 5.74) is 0.555. The summed E-state index contributed by atoms with van der Waals surface area (Å²) in [6.45, 7) is -0.310. The van der Waals surface area contributed by atoms with Gasteiger partial charge in [0.2, 0.25) is 5.91 Å². The van der Waals surface area contributed by atoms with Crippen LogP contribution in [0, 0.1) is 0 Å². The van der Waals surface area contributed by atoms with Gasteiger partial charge in [-0.1, -0.05) is 11.6 Å². The van der Waals surface area contributed by atoms with Crippen LogP contribution < -0.4 is 16.0 Å². The molecule has 0 fully saturated rings. The average molecular weight is 476 g/mol. The lowest BCUT2D eigenvalue weighted by Crippen LogP contribution is -2.53. The molecule has 0 spiro atoms. The Morgan fingerprint density at radius 1 is 1.12 bits per heavy atom. The molecule has 0 radical (unpaired) electrons. The predicted octanol–water partition coefficient (Wildman–Crippen LogP) is 0.681. The van der Waals surface area contributed by atoms with Crippen molar-refractivity contribution in [3.05, 3.63) is 46.8 Å². The van der Waals surface area contributed by atoms with Crippen LogP contribution in [0.3, 0.4) is 0 Å². The van der Waals surface area contributed by atoms with Crippen molar-refractivity contribution >= 4 is 62.6 Å². The Labute approximate surface area is 191 Å². The number of nitrogens with zero attached hydrogens (tertiary/aromatic N) is 4. The second-order valence-corrected chi connectivity index (χ2v) is 8.11. The molecular weight excluding hydrogens is 458 g/mol. The molecule has 32 heavy (non-hydrogen) atoms. The number of rotatable bonds is 6. The third-order valence-corrected chi connectivity index (χ3v) is 5.33. The van der Waals surface area contributed by atoms with Crippen molar-refractivity contribution < 1.29 is 19.2 Å². The Hall–Kier alpha value is -3.64. The third-order valence-electron chi connectivity index (χ3n) is 4.07. The van der Waals surface area contributed by atoms with Crippen LogP contribution in [-0.2, 0) is 14.4 Å². The van der Waals surface area contributed by atoms with Crippen LogP contribution in [0.1, 0.15) is 9.80 Å². The van der Waals surface area contributed by atoms with Gasteiger partial charge in [0, 0.05) is 33.0 Å². The van der Waals surface area contributed by atoms with E-state index in [1.165, 1.54) is 43.5 Å². The maximum absolute atomic E-state index is 12.6. The molecule has 0 aromatic carbocycles. The first-order valence-corrected chi connectivity index (χ1v) is 10.4. The van der Waals surface area contributed by atoms with Crippen LogP contribution in [0.4, 0.5) is 5.82 Å². The first kappa shape index (κ1) is 23.0. The monoisotopic (exact) mass is 475 g/mol. The number of carbonyl (C=O) groups is 4. The summed E-state index contributed by atoms with van der Waals surface area (Å²) < 4.78 is 0.765. The molecule has 1 unspecified atom stereocenters. The largest absolute Gasteiger partial charge is 0.347 e. The highest BCUT2D eigenvalue weighted by Crippen LogP contribution is 2.20. The van der Waals surface area contributed by atoms with E-state index in [1.54, 1.807) is 12.3 Å². The normalized spacial score (nSPS) is 11.5. The summed E-state index contributed by atoms with van der Waals surface area (Å²) in [7, 11) is 3.01. The van der Waals surface area contributed by atoms with Crippen LogP contribution in [-0.4, -0.2) is 70.2 Å². The fourth-order valence-electron chi connectivity index (χ4n) is 2.51. The first-order valence-electron chi connectivity index (χ1n) is 9.18. The number of amides is 4. The highest BCUT2D eigenvalue weighted by molar-refractivity contribution is 7.20. The van der Waals surface area contributed by atoms with Gasteiger partial charge < -0.3 is 20.9 Å². The van der Waals surface area contributed by atoms with Gasteiger partial charge in [0.05, 0.1) is 15.9 Å². The Kier molecular flexibility index (Phi) is 7.28. The molecule has 3 aromatic heterocycles. The first-order chi connectivity index (χ1) is 15.2. The van der Waals surface area contributed by atoms with Crippen molar-refractivity contribution in [3.8, 4) is 0 Å². The fourth-order valence-corrected chi connectivity index (χ4v) is 3.45. The Morgan fingerprint density at radius 3 is 2.56 bits per heavy atom. The van der Waals surface area contributed by atoms with E-state index < -0.39 is 29.7 Å². The average Bonchev–Trinajstić information content (AvgIpc) is 3.21. The quantitative estimate of drug-likeness (QED) is 0.444. The minimum Gasteiger partial charge on any atom is -0.347 e. The molecular formula is C19H18ClN7O4S. The van der Waals surface area contributed by atoms with E-state index in [1.807, 2.05) is 0 Å². The Balaban J connectivity index is 1.64. The predicted molar refractivity (Wildman–Crippen MR) is 118 cm³/mol. The molecule has 3 aromatic rings. The zero-order valence-electron chi connectivity index (χ0n) is 17.0. The maximum atomic E-state index is 12.6. The van der Waals surface area contributed by atoms with Gasteiger partial charge in [-0.2, -0.15) is 0 Å². The molecule has 4 amide bonds. The number of hydrogen-bond acceptors (Lipinski definition) is 8. The lowest BCUT2D eigenvalue weighted by atomic mass is 10.2. The molecule has 3 rings (SSSR count). The topological polar surface area (TPSA) is 146 Å². The van der Waals surface area contributed by atoms with Crippen LogP contribution in [0.5, 0.6) is 0 Å². The smallest absolute Gasteiger partial charge is 0.314 e. The van der Waals surface area contributed by atoms with Crippen molar-refractivity contribution in [1.82, 2.24) is 30.5 Å². The van der Waals surface area contributed by atoms with Crippen LogP contribution in [0.25, 0.3) is 10.2 Å². The van der Waals surface area contributed by atoms with Gasteiger partial charge >= 0.3 is 11.8 Å². The number of thiazole rings is 1. The molecule has 0 bridgehead atoms. The fraction of sp³-hybridized carbons (Fsp3) is 0.211. The molecule has 0 aliphatic rings. The van der Waals surface area contributed by atoms with Gasteiger partial charge in [0.1, 0.15) is 17.4 Å². The summed E-state index contributed by atoms with van der Waals surface area (Å²) >= 11 is 6.87. The summed E-state index contributed by atoms with van der Waals surface area (Å²) in [4.78, 5) is 62.6. The molecule has 11 nitrogen and oxygen atoms in total. The van der Waals surface area contributed by atoms with Crippen molar-refractivity contribution in [2.75, 3.05) is 26.0 Å². The zero-order valence-corrected chi connectivity index (χ0v) is 18.5. The molecule has 0 aliphatic heterocycles. The van der Waals surface area contributed by atoms with Crippen molar-refractivity contribution in [3.63, 3.8) is 0 Å². The van der Waals surface area contributed by atoms with Gasteiger partial charge in [0.15, 0.2) is 5.01 Å². The molecule has 166 valence electrons. The molecule has 13 heteroatoms. The number of anilines is 1. The number of halogens is 1. The van der Waals surface area contributed by atoms with Crippen molar-refractivity contribution in [1.29, 1.82) is 0 Å². The van der Waals surface area contributed by atoms with Crippen LogP contribution >= 0.6 is 22.9 Å². The van der Waals surface area contributed by atoms with Gasteiger partial charge in [-0.05, 0) is 18.2 Å². The number of carbonyl (C=O) groups excluding carboxylic acids is 4. The molecule has 0 saturated heterocycles. The molecule has 0 saturated carbocycles. The minimum atomic E-state index is -1.12. The molecule has 0 aliphatic carbocycles. The third kappa shape index (κ3) is 5.74. The number of nitrogens with one attached hydrogen (secondary N) is 3. The number of likely N-dealkylation sites (N-methyl/N-ethyl adjacent to an activating group) is 1. The van der Waals surface area contributed by atoms with Gasteiger partial charge in [-0.3, -0.25) is 24.2 Å². The summed E-state index contributed by atoms with van der Waals surface area (Å²) in [6.07, 6.45) is 4.43. The van der Waals surface area contributed by atoms with Gasteiger partial charge in [-0.25, -0.2) is 9.97 Å². The van der Waals surface area contributed by atoms with E-state index in [0.29, 0.717) is 10.5 Å². The van der Waals surface area contributed by atoms with E-state index in [9.17, 15) is 19.2 Å². The summed E-state index contributed by atoms with van der Waals surface area (Å²) in [6, 6.07) is 3.54. The summed E-state index contributed by atoms with van der Waals surface area (Å²) in [5, 5.41) is 7.71. The lowest BCUT2D eigenvalue weighted by molar-refractivity contribution is -0.136. The number of fused-ring (bicyclic) bond motifs is 1. The maximum Gasteiger partial charge on any atom is 0.314 e. The van der Waals surface area contributed by atoms with Gasteiger partial charge in [0.25, 0.3) is 5.91 Å². The molecule has 3 heterocycles. The second kappa shape index (κ2) is 10.1. The minimum absolute atomic E-state index is 0.133. The molecule has 1 atom stereocenters. The van der Waals surface area contributed by atoms with E-state index in [4.69, 9.17) is 11.6 Å². The zero-order chi connectivity index (χ0) is 23.3. The second-order valence-electron chi connectivity index (χ2n) is 6.65. The van der Waals surface area contributed by atoms with Crippen LogP contribution in [0.2, 0.25) is 5.02 Å². The summed E-state index contributed by atoms with van der Waals surface area (Å²) in [5.74, 6) is -2.91. The van der Waals surface area contributed by atoms with E-state index >= 15 is 0 Å². The lowest BCUT2D eigenvalue weighted by Gasteiger charge is -2.21. The van der Waals surface area contributed by atoms with E-state index in [-0.39, 0.29) is 17.4 Å². The molecule has 3 N–H and O–H groups in total. The number of aromatic nitrogens is 3.